The van der Waals surface area contributed by atoms with E-state index in [1.54, 1.807) is 28.4 Å². The monoisotopic (exact) mass is 414 g/mol. The van der Waals surface area contributed by atoms with E-state index >= 15 is 0 Å². The fraction of sp³-hybridized carbons (Fsp3) is 0.182. The average molecular weight is 414 g/mol. The molecule has 6 heteroatoms. The molecule has 0 atom stereocenters. The van der Waals surface area contributed by atoms with Gasteiger partial charge in [-0.05, 0) is 29.6 Å². The molecule has 0 N–H and O–H groups in total. The van der Waals surface area contributed by atoms with E-state index in [-0.39, 0.29) is 0 Å². The van der Waals surface area contributed by atoms with Gasteiger partial charge in [-0.25, -0.2) is 0 Å². The summed E-state index contributed by atoms with van der Waals surface area (Å²) in [6, 6.07) is 18.8. The van der Waals surface area contributed by atoms with Crippen LogP contribution in [0.5, 0.6) is 23.0 Å². The van der Waals surface area contributed by atoms with Gasteiger partial charge in [0.15, 0.2) is 0 Å². The van der Waals surface area contributed by atoms with Gasteiger partial charge in [0.1, 0.15) is 23.0 Å². The van der Waals surface area contributed by atoms with Crippen molar-refractivity contribution in [3.05, 3.63) is 66.7 Å². The van der Waals surface area contributed by atoms with Crippen molar-refractivity contribution in [2.75, 3.05) is 28.4 Å². The number of hydrogen-bond donors (Lipinski definition) is 0. The highest BCUT2D eigenvalue weighted by Crippen LogP contribution is 2.52. The molecule has 0 saturated heterocycles. The van der Waals surface area contributed by atoms with Crippen molar-refractivity contribution in [3.8, 4) is 23.0 Å². The highest BCUT2D eigenvalue weighted by Gasteiger charge is 2.36. The van der Waals surface area contributed by atoms with Crippen LogP contribution in [0.3, 0.4) is 0 Å². The maximum absolute atomic E-state index is 6.51. The van der Waals surface area contributed by atoms with E-state index in [2.05, 4.69) is 0 Å². The second-order valence-corrected chi connectivity index (χ2v) is 10.2. The zero-order valence-corrected chi connectivity index (χ0v) is 18.1. The molecule has 3 aromatic rings. The third-order valence-corrected chi connectivity index (χ3v) is 9.45. The summed E-state index contributed by atoms with van der Waals surface area (Å²) < 4.78 is 22.9. The quantitative estimate of drug-likeness (QED) is 0.554. The van der Waals surface area contributed by atoms with Crippen LogP contribution >= 0.6 is 6.04 Å². The SMILES string of the molecule is COc1cccc(OC)c1P(=S)(c1ccccc1)c1c(OC)cccc1OC. The van der Waals surface area contributed by atoms with Gasteiger partial charge in [0.05, 0.1) is 45.1 Å². The summed E-state index contributed by atoms with van der Waals surface area (Å²) in [4.78, 5) is 0. The lowest BCUT2D eigenvalue weighted by Gasteiger charge is -2.29. The highest BCUT2D eigenvalue weighted by molar-refractivity contribution is 8.25. The van der Waals surface area contributed by atoms with Gasteiger partial charge in [-0.2, -0.15) is 0 Å². The number of rotatable bonds is 7. The lowest BCUT2D eigenvalue weighted by atomic mass is 10.3. The van der Waals surface area contributed by atoms with Crippen LogP contribution < -0.4 is 34.9 Å². The molecule has 0 amide bonds. The van der Waals surface area contributed by atoms with Crippen molar-refractivity contribution in [1.82, 2.24) is 0 Å². The van der Waals surface area contributed by atoms with Gasteiger partial charge in [-0.3, -0.25) is 0 Å². The maximum Gasteiger partial charge on any atom is 0.131 e. The summed E-state index contributed by atoms with van der Waals surface area (Å²) in [5.41, 5.74) is 0. The molecule has 3 aromatic carbocycles. The maximum atomic E-state index is 6.51. The number of ether oxygens (including phenoxy) is 4. The van der Waals surface area contributed by atoms with Crippen LogP contribution in [0.4, 0.5) is 0 Å². The van der Waals surface area contributed by atoms with Crippen molar-refractivity contribution >= 4 is 33.8 Å². The van der Waals surface area contributed by atoms with Gasteiger partial charge < -0.3 is 18.9 Å². The van der Waals surface area contributed by atoms with Gasteiger partial charge in [0, 0.05) is 0 Å². The molecule has 4 nitrogen and oxygen atoms in total. The Labute approximate surface area is 171 Å². The fourth-order valence-electron chi connectivity index (χ4n) is 3.29. The van der Waals surface area contributed by atoms with Gasteiger partial charge in [0.25, 0.3) is 0 Å². The molecule has 3 rings (SSSR count). The molecule has 0 unspecified atom stereocenters. The highest BCUT2D eigenvalue weighted by atomic mass is 32.4. The minimum absolute atomic E-state index is 0.680. The van der Waals surface area contributed by atoms with Crippen LogP contribution in [0.1, 0.15) is 0 Å². The Balaban J connectivity index is 2.51. The zero-order chi connectivity index (χ0) is 20.1. The van der Waals surface area contributed by atoms with E-state index in [4.69, 9.17) is 30.8 Å². The van der Waals surface area contributed by atoms with E-state index in [0.29, 0.717) is 23.0 Å². The van der Waals surface area contributed by atoms with Crippen molar-refractivity contribution in [2.24, 2.45) is 0 Å². The third-order valence-electron chi connectivity index (χ3n) is 4.55. The van der Waals surface area contributed by atoms with Gasteiger partial charge in [-0.15, -0.1) is 0 Å². The molecule has 28 heavy (non-hydrogen) atoms. The molecule has 0 spiro atoms. The normalized spacial score (nSPS) is 11.0. The average Bonchev–Trinajstić information content (AvgIpc) is 2.77. The second-order valence-electron chi connectivity index (χ2n) is 5.97. The first-order valence-electron chi connectivity index (χ1n) is 8.70. The van der Waals surface area contributed by atoms with Gasteiger partial charge >= 0.3 is 0 Å². The summed E-state index contributed by atoms with van der Waals surface area (Å²) in [6.07, 6.45) is 0. The molecule has 0 saturated carbocycles. The molecule has 0 heterocycles. The summed E-state index contributed by atoms with van der Waals surface area (Å²) in [5.74, 6) is 2.72. The lowest BCUT2D eigenvalue weighted by molar-refractivity contribution is 0.399. The third kappa shape index (κ3) is 3.36. The first kappa shape index (κ1) is 20.2. The molecule has 0 fully saturated rings. The Morgan fingerprint density at radius 1 is 0.536 bits per heavy atom. The van der Waals surface area contributed by atoms with Crippen LogP contribution in [0.15, 0.2) is 66.7 Å². The molecule has 0 bridgehead atoms. The topological polar surface area (TPSA) is 36.9 Å². The Kier molecular flexibility index (Phi) is 6.28. The standard InChI is InChI=1S/C22H23O4PS/c1-23-17-12-8-13-18(24-2)21(17)27(28,16-10-6-5-7-11-16)22-19(25-3)14-9-15-20(22)26-4/h5-15H,1-4H3. The second kappa shape index (κ2) is 8.68. The number of benzene rings is 3. The number of hydrogen-bond acceptors (Lipinski definition) is 5. The minimum atomic E-state index is -2.66. The van der Waals surface area contributed by atoms with E-state index < -0.39 is 6.04 Å². The Morgan fingerprint density at radius 2 is 0.893 bits per heavy atom. The van der Waals surface area contributed by atoms with Crippen molar-refractivity contribution < 1.29 is 18.9 Å². The smallest absolute Gasteiger partial charge is 0.131 e. The Bertz CT molecular complexity index is 901. The summed E-state index contributed by atoms with van der Waals surface area (Å²) >= 11 is 6.51. The lowest BCUT2D eigenvalue weighted by Crippen LogP contribution is -2.29. The van der Waals surface area contributed by atoms with E-state index in [0.717, 1.165) is 15.9 Å². The van der Waals surface area contributed by atoms with Crippen LogP contribution in [-0.4, -0.2) is 28.4 Å². The van der Waals surface area contributed by atoms with Gasteiger partial charge in [-0.1, -0.05) is 54.3 Å². The Morgan fingerprint density at radius 3 is 1.21 bits per heavy atom. The van der Waals surface area contributed by atoms with Crippen LogP contribution in [0, 0.1) is 0 Å². The molecule has 0 radical (unpaired) electrons. The van der Waals surface area contributed by atoms with Crippen molar-refractivity contribution in [3.63, 3.8) is 0 Å². The molecule has 0 aliphatic heterocycles. The van der Waals surface area contributed by atoms with Crippen LogP contribution in [0.25, 0.3) is 0 Å². The fourth-order valence-corrected chi connectivity index (χ4v) is 7.97. The van der Waals surface area contributed by atoms with Crippen molar-refractivity contribution in [2.45, 2.75) is 0 Å². The largest absolute Gasteiger partial charge is 0.496 e. The molecular formula is C22H23O4PS. The molecule has 0 aromatic heterocycles. The summed E-state index contributed by atoms with van der Waals surface area (Å²) in [7, 11) is 6.57. The molecule has 0 aliphatic rings. The van der Waals surface area contributed by atoms with E-state index in [1.807, 2.05) is 66.7 Å². The van der Waals surface area contributed by atoms with E-state index in [9.17, 15) is 0 Å². The molecule has 0 aliphatic carbocycles. The van der Waals surface area contributed by atoms with Gasteiger partial charge in [0.2, 0.25) is 0 Å². The summed E-state index contributed by atoms with van der Waals surface area (Å²) in [5, 5.41) is 2.67. The van der Waals surface area contributed by atoms with Crippen LogP contribution in [0.2, 0.25) is 0 Å². The predicted molar refractivity (Wildman–Crippen MR) is 119 cm³/mol. The first-order chi connectivity index (χ1) is 13.6. The van der Waals surface area contributed by atoms with Crippen molar-refractivity contribution in [1.29, 1.82) is 0 Å². The predicted octanol–water partition coefficient (Wildman–Crippen LogP) is 3.48. The minimum Gasteiger partial charge on any atom is -0.496 e. The Hall–Kier alpha value is -2.49. The number of methoxy groups -OCH3 is 4. The zero-order valence-electron chi connectivity index (χ0n) is 16.3. The summed E-state index contributed by atoms with van der Waals surface area (Å²) in [6.45, 7) is 0. The molecule has 146 valence electrons. The first-order valence-corrected chi connectivity index (χ1v) is 11.5. The van der Waals surface area contributed by atoms with Crippen LogP contribution in [-0.2, 0) is 11.8 Å². The molecular weight excluding hydrogens is 391 g/mol. The van der Waals surface area contributed by atoms with E-state index in [1.165, 1.54) is 0 Å².